The second-order valence-electron chi connectivity index (χ2n) is 6.43. The third kappa shape index (κ3) is 10.4. The molecule has 7 heteroatoms. The highest BCUT2D eigenvalue weighted by Gasteiger charge is 2.09. The van der Waals surface area contributed by atoms with Crippen molar-refractivity contribution < 1.29 is 9.15 Å². The fourth-order valence-electron chi connectivity index (χ4n) is 2.82. The van der Waals surface area contributed by atoms with Crippen molar-refractivity contribution in [1.29, 1.82) is 0 Å². The van der Waals surface area contributed by atoms with Gasteiger partial charge in [-0.15, -0.1) is 24.0 Å². The van der Waals surface area contributed by atoms with Crippen molar-refractivity contribution in [2.24, 2.45) is 4.99 Å². The molecule has 0 saturated carbocycles. The van der Waals surface area contributed by atoms with Crippen LogP contribution in [0.3, 0.4) is 0 Å². The number of nitrogens with one attached hydrogen (secondary N) is 2. The molecule has 0 atom stereocenters. The second kappa shape index (κ2) is 15.3. The molecular weight excluding hydrogens is 443 g/mol. The molecule has 1 aliphatic heterocycles. The van der Waals surface area contributed by atoms with Gasteiger partial charge in [-0.3, -0.25) is 9.89 Å². The maximum absolute atomic E-state index is 5.39. The number of furan rings is 1. The Kier molecular flexibility index (Phi) is 13.7. The number of nitrogens with zero attached hydrogens (tertiary/aromatic N) is 2. The van der Waals surface area contributed by atoms with Crippen LogP contribution in [0.5, 0.6) is 0 Å². The number of unbranched alkanes of at least 4 members (excludes halogenated alkanes) is 2. The summed E-state index contributed by atoms with van der Waals surface area (Å²) in [5.74, 6) is 1.93. The van der Waals surface area contributed by atoms with Gasteiger partial charge >= 0.3 is 0 Å². The van der Waals surface area contributed by atoms with Crippen LogP contribution in [0.2, 0.25) is 0 Å². The van der Waals surface area contributed by atoms with Crippen molar-refractivity contribution in [3.8, 4) is 0 Å². The van der Waals surface area contributed by atoms with Crippen LogP contribution in [0.15, 0.2) is 27.8 Å². The summed E-state index contributed by atoms with van der Waals surface area (Å²) in [6, 6.07) is 3.94. The molecule has 0 amide bonds. The third-order valence-electron chi connectivity index (χ3n) is 4.32. The molecule has 26 heavy (non-hydrogen) atoms. The minimum absolute atomic E-state index is 0. The van der Waals surface area contributed by atoms with Crippen LogP contribution in [0.4, 0.5) is 0 Å². The van der Waals surface area contributed by atoms with E-state index in [0.717, 1.165) is 77.0 Å². The molecule has 0 spiro atoms. The van der Waals surface area contributed by atoms with E-state index in [1.807, 2.05) is 12.1 Å². The van der Waals surface area contributed by atoms with Crippen molar-refractivity contribution in [1.82, 2.24) is 15.5 Å². The Morgan fingerprint density at radius 1 is 1.15 bits per heavy atom. The Labute approximate surface area is 175 Å². The van der Waals surface area contributed by atoms with Gasteiger partial charge in [0.05, 0.1) is 19.5 Å². The van der Waals surface area contributed by atoms with Crippen LogP contribution in [-0.4, -0.2) is 63.3 Å². The van der Waals surface area contributed by atoms with Gasteiger partial charge in [-0.05, 0) is 25.0 Å². The van der Waals surface area contributed by atoms with Gasteiger partial charge in [0, 0.05) is 45.7 Å². The Bertz CT molecular complexity index is 462. The second-order valence-corrected chi connectivity index (χ2v) is 6.43. The number of aliphatic imine (C=N–C) groups is 1. The molecule has 2 rings (SSSR count). The van der Waals surface area contributed by atoms with E-state index in [1.165, 1.54) is 19.3 Å². The molecule has 1 aromatic heterocycles. The molecule has 1 fully saturated rings. The van der Waals surface area contributed by atoms with E-state index in [9.17, 15) is 0 Å². The van der Waals surface area contributed by atoms with E-state index in [1.54, 1.807) is 6.26 Å². The summed E-state index contributed by atoms with van der Waals surface area (Å²) in [6.07, 6.45) is 7.35. The average molecular weight is 478 g/mol. The first-order valence-electron chi connectivity index (χ1n) is 9.73. The predicted octanol–water partition coefficient (Wildman–Crippen LogP) is 2.89. The van der Waals surface area contributed by atoms with Gasteiger partial charge < -0.3 is 19.8 Å². The maximum atomic E-state index is 5.39. The normalized spacial score (nSPS) is 15.5. The van der Waals surface area contributed by atoms with E-state index < -0.39 is 0 Å². The zero-order valence-electron chi connectivity index (χ0n) is 16.0. The average Bonchev–Trinajstić information content (AvgIpc) is 3.16. The first-order valence-corrected chi connectivity index (χ1v) is 9.73. The lowest BCUT2D eigenvalue weighted by molar-refractivity contribution is 0.0377. The van der Waals surface area contributed by atoms with E-state index in [0.29, 0.717) is 0 Å². The van der Waals surface area contributed by atoms with Crippen LogP contribution in [0, 0.1) is 0 Å². The summed E-state index contributed by atoms with van der Waals surface area (Å²) in [4.78, 5) is 7.19. The van der Waals surface area contributed by atoms with E-state index in [2.05, 4.69) is 22.5 Å². The molecule has 1 aromatic rings. The predicted molar refractivity (Wildman–Crippen MR) is 118 cm³/mol. The molecule has 150 valence electrons. The van der Waals surface area contributed by atoms with Gasteiger partial charge in [0.1, 0.15) is 5.76 Å². The molecule has 0 aliphatic carbocycles. The minimum atomic E-state index is 0. The highest BCUT2D eigenvalue weighted by Crippen LogP contribution is 2.00. The lowest BCUT2D eigenvalue weighted by Gasteiger charge is -2.26. The van der Waals surface area contributed by atoms with Gasteiger partial charge in [0.15, 0.2) is 5.96 Å². The Morgan fingerprint density at radius 3 is 2.69 bits per heavy atom. The topological polar surface area (TPSA) is 62.0 Å². The number of rotatable bonds is 11. The smallest absolute Gasteiger partial charge is 0.191 e. The number of ether oxygens (including phenoxy) is 1. The Balaban J connectivity index is 0.00000338. The zero-order valence-corrected chi connectivity index (χ0v) is 18.4. The molecule has 0 aromatic carbocycles. The monoisotopic (exact) mass is 478 g/mol. The summed E-state index contributed by atoms with van der Waals surface area (Å²) in [5, 5.41) is 6.87. The van der Waals surface area contributed by atoms with E-state index >= 15 is 0 Å². The van der Waals surface area contributed by atoms with Gasteiger partial charge in [0.25, 0.3) is 0 Å². The maximum Gasteiger partial charge on any atom is 0.191 e. The molecule has 0 bridgehead atoms. The van der Waals surface area contributed by atoms with Crippen LogP contribution < -0.4 is 10.6 Å². The standard InChI is InChI=1S/C19H34N4O2.HI/c1-2-3-4-9-20-19(22-11-8-18-7-5-15-25-18)21-10-6-12-23-13-16-24-17-14-23;/h5,7,15H,2-4,6,8-14,16-17H2,1H3,(H2,20,21,22);1H. The number of hydrogen-bond donors (Lipinski definition) is 2. The number of hydrogen-bond acceptors (Lipinski definition) is 4. The molecule has 2 heterocycles. The number of halogens is 1. The largest absolute Gasteiger partial charge is 0.469 e. The van der Waals surface area contributed by atoms with Crippen molar-refractivity contribution in [2.75, 3.05) is 52.5 Å². The highest BCUT2D eigenvalue weighted by atomic mass is 127. The van der Waals surface area contributed by atoms with Crippen LogP contribution in [-0.2, 0) is 11.2 Å². The van der Waals surface area contributed by atoms with Crippen molar-refractivity contribution in [3.63, 3.8) is 0 Å². The van der Waals surface area contributed by atoms with E-state index in [-0.39, 0.29) is 24.0 Å². The van der Waals surface area contributed by atoms with Crippen molar-refractivity contribution in [2.45, 2.75) is 39.0 Å². The molecule has 1 aliphatic rings. The van der Waals surface area contributed by atoms with Crippen LogP contribution in [0.1, 0.15) is 38.4 Å². The highest BCUT2D eigenvalue weighted by molar-refractivity contribution is 14.0. The summed E-state index contributed by atoms with van der Waals surface area (Å²) in [6.45, 7) is 9.80. The molecule has 2 N–H and O–H groups in total. The Hall–Kier alpha value is -0.800. The van der Waals surface area contributed by atoms with Crippen LogP contribution >= 0.6 is 24.0 Å². The lowest BCUT2D eigenvalue weighted by atomic mass is 10.2. The minimum Gasteiger partial charge on any atom is -0.469 e. The molecular formula is C19H35IN4O2. The lowest BCUT2D eigenvalue weighted by Crippen LogP contribution is -2.39. The van der Waals surface area contributed by atoms with E-state index in [4.69, 9.17) is 14.1 Å². The Morgan fingerprint density at radius 2 is 1.96 bits per heavy atom. The summed E-state index contributed by atoms with van der Waals surface area (Å²) in [5.41, 5.74) is 0. The first kappa shape index (κ1) is 23.2. The van der Waals surface area contributed by atoms with Crippen LogP contribution in [0.25, 0.3) is 0 Å². The van der Waals surface area contributed by atoms with Gasteiger partial charge in [0.2, 0.25) is 0 Å². The van der Waals surface area contributed by atoms with Gasteiger partial charge in [-0.2, -0.15) is 0 Å². The zero-order chi connectivity index (χ0) is 17.6. The van der Waals surface area contributed by atoms with Crippen molar-refractivity contribution >= 4 is 29.9 Å². The fourth-order valence-corrected chi connectivity index (χ4v) is 2.82. The van der Waals surface area contributed by atoms with Gasteiger partial charge in [-0.25, -0.2) is 0 Å². The summed E-state index contributed by atoms with van der Waals surface area (Å²) >= 11 is 0. The summed E-state index contributed by atoms with van der Waals surface area (Å²) < 4.78 is 10.8. The molecule has 0 radical (unpaired) electrons. The summed E-state index contributed by atoms with van der Waals surface area (Å²) in [7, 11) is 0. The first-order chi connectivity index (χ1) is 12.4. The molecule has 1 saturated heterocycles. The SMILES string of the molecule is CCCCCNC(=NCCCN1CCOCC1)NCCc1ccco1.I. The number of guanidine groups is 1. The molecule has 0 unspecified atom stereocenters. The fraction of sp³-hybridized carbons (Fsp3) is 0.737. The van der Waals surface area contributed by atoms with Gasteiger partial charge in [-0.1, -0.05) is 19.8 Å². The quantitative estimate of drug-likeness (QED) is 0.222. The van der Waals surface area contributed by atoms with Crippen molar-refractivity contribution in [3.05, 3.63) is 24.2 Å². The third-order valence-corrected chi connectivity index (χ3v) is 4.32. The number of morpholine rings is 1. The molecule has 6 nitrogen and oxygen atoms in total.